The molecule has 5 heteroatoms. The molecule has 0 saturated carbocycles. The fourth-order valence-electron chi connectivity index (χ4n) is 2.92. The zero-order valence-electron chi connectivity index (χ0n) is 12.5. The van der Waals surface area contributed by atoms with E-state index in [0.29, 0.717) is 31.0 Å². The van der Waals surface area contributed by atoms with E-state index >= 15 is 0 Å². The van der Waals surface area contributed by atoms with Crippen LogP contribution >= 0.6 is 0 Å². The molecule has 1 fully saturated rings. The third kappa shape index (κ3) is 3.14. The van der Waals surface area contributed by atoms with Crippen LogP contribution in [0.15, 0.2) is 22.7 Å². The van der Waals surface area contributed by atoms with Gasteiger partial charge in [-0.1, -0.05) is 34.5 Å². The van der Waals surface area contributed by atoms with Crippen LogP contribution in [0, 0.1) is 13.8 Å². The second kappa shape index (κ2) is 5.58. The summed E-state index contributed by atoms with van der Waals surface area (Å²) in [5, 5.41) is 17.8. The van der Waals surface area contributed by atoms with Gasteiger partial charge in [0, 0.05) is 6.42 Å². The van der Waals surface area contributed by atoms with Crippen molar-refractivity contribution in [3.8, 4) is 0 Å². The van der Waals surface area contributed by atoms with Gasteiger partial charge in [0.05, 0.1) is 0 Å². The molecule has 0 bridgehead atoms. The molecular formula is C16H21N3O2. The van der Waals surface area contributed by atoms with Crippen molar-refractivity contribution in [1.82, 2.24) is 15.5 Å². The number of nitrogens with one attached hydrogen (secondary N) is 1. The molecule has 0 aliphatic carbocycles. The zero-order valence-corrected chi connectivity index (χ0v) is 12.5. The number of aliphatic hydroxyl groups is 1. The van der Waals surface area contributed by atoms with Gasteiger partial charge in [0.15, 0.2) is 5.82 Å². The molecule has 0 radical (unpaired) electrons. The maximum absolute atomic E-state index is 10.6. The summed E-state index contributed by atoms with van der Waals surface area (Å²) in [6.07, 6.45) is 1.84. The first-order chi connectivity index (χ1) is 10.0. The molecule has 2 aromatic rings. The minimum Gasteiger partial charge on any atom is -0.380 e. The average molecular weight is 287 g/mol. The van der Waals surface area contributed by atoms with Crippen molar-refractivity contribution in [1.29, 1.82) is 0 Å². The summed E-state index contributed by atoms with van der Waals surface area (Å²) in [6.45, 7) is 5.70. The summed E-state index contributed by atoms with van der Waals surface area (Å²) in [7, 11) is 0. The van der Waals surface area contributed by atoms with Crippen molar-refractivity contribution < 1.29 is 9.63 Å². The van der Waals surface area contributed by atoms with Crippen molar-refractivity contribution in [2.45, 2.75) is 38.7 Å². The lowest BCUT2D eigenvalue weighted by atomic mass is 9.92. The Morgan fingerprint density at radius 3 is 2.52 bits per heavy atom. The van der Waals surface area contributed by atoms with Crippen LogP contribution < -0.4 is 5.32 Å². The van der Waals surface area contributed by atoms with Gasteiger partial charge >= 0.3 is 0 Å². The average Bonchev–Trinajstić information content (AvgIpc) is 2.87. The largest absolute Gasteiger partial charge is 0.380 e. The molecule has 1 aromatic heterocycles. The smallest absolute Gasteiger partial charge is 0.258 e. The maximum Gasteiger partial charge on any atom is 0.258 e. The van der Waals surface area contributed by atoms with Crippen LogP contribution in [0.4, 0.5) is 0 Å². The highest BCUT2D eigenvalue weighted by molar-refractivity contribution is 5.30. The van der Waals surface area contributed by atoms with E-state index in [-0.39, 0.29) is 0 Å². The lowest BCUT2D eigenvalue weighted by Crippen LogP contribution is -2.39. The first-order valence-electron chi connectivity index (χ1n) is 7.38. The van der Waals surface area contributed by atoms with Crippen LogP contribution in [0.5, 0.6) is 0 Å². The van der Waals surface area contributed by atoms with E-state index in [1.165, 1.54) is 11.1 Å². The molecule has 0 atom stereocenters. The SMILES string of the molecule is Cc1cc(C)cc(Cc2noc(C3(O)CCNCC3)n2)c1. The van der Waals surface area contributed by atoms with Crippen molar-refractivity contribution in [2.24, 2.45) is 0 Å². The molecule has 1 aromatic carbocycles. The summed E-state index contributed by atoms with van der Waals surface area (Å²) in [6, 6.07) is 6.40. The van der Waals surface area contributed by atoms with Crippen molar-refractivity contribution in [3.63, 3.8) is 0 Å². The predicted octanol–water partition coefficient (Wildman–Crippen LogP) is 1.85. The van der Waals surface area contributed by atoms with Crippen LogP contribution in [0.1, 0.15) is 41.2 Å². The maximum atomic E-state index is 10.6. The Hall–Kier alpha value is -1.72. The Morgan fingerprint density at radius 1 is 1.19 bits per heavy atom. The minimum atomic E-state index is -0.973. The fraction of sp³-hybridized carbons (Fsp3) is 0.500. The Labute approximate surface area is 124 Å². The Kier molecular flexibility index (Phi) is 3.78. The van der Waals surface area contributed by atoms with Crippen LogP contribution in [-0.4, -0.2) is 28.3 Å². The Morgan fingerprint density at radius 2 is 1.86 bits per heavy atom. The van der Waals surface area contributed by atoms with Crippen molar-refractivity contribution >= 4 is 0 Å². The van der Waals surface area contributed by atoms with Gasteiger partial charge in [0.25, 0.3) is 5.89 Å². The first kappa shape index (κ1) is 14.2. The summed E-state index contributed by atoms with van der Waals surface area (Å²) in [5.41, 5.74) is 2.65. The molecule has 1 saturated heterocycles. The molecular weight excluding hydrogens is 266 g/mol. The van der Waals surface area contributed by atoms with Gasteiger partial charge in [-0.3, -0.25) is 0 Å². The minimum absolute atomic E-state index is 0.350. The molecule has 0 amide bonds. The van der Waals surface area contributed by atoms with Crippen molar-refractivity contribution in [3.05, 3.63) is 46.6 Å². The molecule has 0 unspecified atom stereocenters. The molecule has 2 N–H and O–H groups in total. The topological polar surface area (TPSA) is 71.2 Å². The third-order valence-electron chi connectivity index (χ3n) is 3.94. The fourth-order valence-corrected chi connectivity index (χ4v) is 2.92. The van der Waals surface area contributed by atoms with E-state index in [1.807, 2.05) is 0 Å². The highest BCUT2D eigenvalue weighted by Gasteiger charge is 2.36. The first-order valence-corrected chi connectivity index (χ1v) is 7.38. The number of hydrogen-bond acceptors (Lipinski definition) is 5. The van der Waals surface area contributed by atoms with Crippen LogP contribution in [0.3, 0.4) is 0 Å². The van der Waals surface area contributed by atoms with E-state index in [9.17, 15) is 5.11 Å². The quantitative estimate of drug-likeness (QED) is 0.901. The lowest BCUT2D eigenvalue weighted by Gasteiger charge is -2.28. The number of aromatic nitrogens is 2. The Balaban J connectivity index is 1.78. The monoisotopic (exact) mass is 287 g/mol. The van der Waals surface area contributed by atoms with E-state index in [2.05, 4.69) is 47.5 Å². The molecule has 1 aliphatic rings. The summed E-state index contributed by atoms with van der Waals surface area (Å²) >= 11 is 0. The van der Waals surface area contributed by atoms with Gasteiger partial charge in [-0.05, 0) is 45.3 Å². The number of nitrogens with zero attached hydrogens (tertiary/aromatic N) is 2. The molecule has 0 spiro atoms. The molecule has 112 valence electrons. The van der Waals surface area contributed by atoms with Gasteiger partial charge in [0.1, 0.15) is 5.60 Å². The van der Waals surface area contributed by atoms with E-state index in [1.54, 1.807) is 0 Å². The number of hydrogen-bond donors (Lipinski definition) is 2. The van der Waals surface area contributed by atoms with Crippen LogP contribution in [-0.2, 0) is 12.0 Å². The second-order valence-corrected chi connectivity index (χ2v) is 5.97. The normalized spacial score (nSPS) is 17.9. The van der Waals surface area contributed by atoms with Gasteiger partial charge in [0.2, 0.25) is 0 Å². The molecule has 3 rings (SSSR count). The summed E-state index contributed by atoms with van der Waals surface area (Å²) in [5.74, 6) is 0.977. The third-order valence-corrected chi connectivity index (χ3v) is 3.94. The summed E-state index contributed by atoms with van der Waals surface area (Å²) in [4.78, 5) is 4.40. The highest BCUT2D eigenvalue weighted by Crippen LogP contribution is 2.29. The van der Waals surface area contributed by atoms with E-state index in [4.69, 9.17) is 4.52 Å². The van der Waals surface area contributed by atoms with Gasteiger partial charge in [-0.2, -0.15) is 4.98 Å². The molecule has 1 aliphatic heterocycles. The standard InChI is InChI=1S/C16H21N3O2/c1-11-7-12(2)9-13(8-11)10-14-18-15(21-19-14)16(20)3-5-17-6-4-16/h7-9,17,20H,3-6,10H2,1-2H3. The molecule has 21 heavy (non-hydrogen) atoms. The van der Waals surface area contributed by atoms with Crippen LogP contribution in [0.2, 0.25) is 0 Å². The van der Waals surface area contributed by atoms with Gasteiger partial charge < -0.3 is 14.9 Å². The highest BCUT2D eigenvalue weighted by atomic mass is 16.5. The van der Waals surface area contributed by atoms with Gasteiger partial charge in [-0.25, -0.2) is 0 Å². The number of benzene rings is 1. The lowest BCUT2D eigenvalue weighted by molar-refractivity contribution is -0.0228. The Bertz CT molecular complexity index is 610. The second-order valence-electron chi connectivity index (χ2n) is 5.97. The van der Waals surface area contributed by atoms with E-state index in [0.717, 1.165) is 18.7 Å². The zero-order chi connectivity index (χ0) is 14.9. The number of aryl methyl sites for hydroxylation is 2. The number of rotatable bonds is 3. The van der Waals surface area contributed by atoms with Gasteiger partial charge in [-0.15, -0.1) is 0 Å². The summed E-state index contributed by atoms with van der Waals surface area (Å²) < 4.78 is 5.30. The molecule has 2 heterocycles. The van der Waals surface area contributed by atoms with Crippen molar-refractivity contribution in [2.75, 3.05) is 13.1 Å². The predicted molar refractivity (Wildman–Crippen MR) is 79.0 cm³/mol. The molecule has 5 nitrogen and oxygen atoms in total. The number of piperidine rings is 1. The van der Waals surface area contributed by atoms with E-state index < -0.39 is 5.60 Å². The van der Waals surface area contributed by atoms with Crippen LogP contribution in [0.25, 0.3) is 0 Å².